The highest BCUT2D eigenvalue weighted by atomic mass is 32.2. The van der Waals surface area contributed by atoms with Gasteiger partial charge in [-0.15, -0.1) is 11.3 Å². The smallest absolute Gasteiger partial charge is 0.273 e. The fourth-order valence-corrected chi connectivity index (χ4v) is 4.36. The lowest BCUT2D eigenvalue weighted by Gasteiger charge is -2.20. The molecule has 2 heterocycles. The molecule has 0 radical (unpaired) electrons. The van der Waals surface area contributed by atoms with Crippen LogP contribution in [0.5, 0.6) is 0 Å². The summed E-state index contributed by atoms with van der Waals surface area (Å²) in [7, 11) is 0. The zero-order valence-electron chi connectivity index (χ0n) is 15.3. The Morgan fingerprint density at radius 2 is 2.00 bits per heavy atom. The van der Waals surface area contributed by atoms with Crippen molar-refractivity contribution < 1.29 is 9.21 Å². The second kappa shape index (κ2) is 8.68. The summed E-state index contributed by atoms with van der Waals surface area (Å²) in [4.78, 5) is 23.5. The number of carbonyl (C=O) groups is 1. The number of benzene rings is 1. The minimum Gasteiger partial charge on any atom is -0.431 e. The maximum atomic E-state index is 12.6. The Kier molecular flexibility index (Phi) is 6.32. The number of aromatic nitrogens is 2. The maximum absolute atomic E-state index is 12.6. The van der Waals surface area contributed by atoms with E-state index >= 15 is 0 Å². The van der Waals surface area contributed by atoms with Crippen molar-refractivity contribution in [3.05, 3.63) is 39.8 Å². The first-order valence-corrected chi connectivity index (χ1v) is 10.7. The normalized spacial score (nSPS) is 11.2. The Balaban J connectivity index is 1.66. The molecular weight excluding hydrogens is 366 g/mol. The molecule has 0 aliphatic rings. The first-order chi connectivity index (χ1) is 12.6. The SMILES string of the molecule is CCCN(CCC)C(=O)c1csc(CSc2nc3c(C)cccc3o2)n1. The molecule has 0 saturated heterocycles. The number of carbonyl (C=O) groups excluding carboxylic acids is 1. The molecule has 0 spiro atoms. The molecular formula is C19H23N3O2S2. The molecule has 0 aliphatic carbocycles. The summed E-state index contributed by atoms with van der Waals surface area (Å²) in [5.41, 5.74) is 3.35. The largest absolute Gasteiger partial charge is 0.431 e. The molecule has 0 fully saturated rings. The van der Waals surface area contributed by atoms with Crippen molar-refractivity contribution in [1.82, 2.24) is 14.9 Å². The van der Waals surface area contributed by atoms with E-state index in [-0.39, 0.29) is 5.91 Å². The highest BCUT2D eigenvalue weighted by Gasteiger charge is 2.18. The number of hydrogen-bond donors (Lipinski definition) is 0. The molecule has 0 unspecified atom stereocenters. The van der Waals surface area contributed by atoms with Crippen molar-refractivity contribution >= 4 is 40.1 Å². The number of fused-ring (bicyclic) bond motifs is 1. The maximum Gasteiger partial charge on any atom is 0.273 e. The number of oxazole rings is 1. The number of para-hydroxylation sites is 1. The number of thiazole rings is 1. The third-order valence-corrected chi connectivity index (χ3v) is 5.84. The summed E-state index contributed by atoms with van der Waals surface area (Å²) in [6.45, 7) is 7.74. The third kappa shape index (κ3) is 4.27. The van der Waals surface area contributed by atoms with Gasteiger partial charge in [0.15, 0.2) is 5.58 Å². The predicted molar refractivity (Wildman–Crippen MR) is 107 cm³/mol. The van der Waals surface area contributed by atoms with Crippen LogP contribution in [0.15, 0.2) is 33.2 Å². The zero-order valence-corrected chi connectivity index (χ0v) is 17.0. The molecule has 0 aliphatic heterocycles. The van der Waals surface area contributed by atoms with Crippen molar-refractivity contribution in [3.8, 4) is 0 Å². The van der Waals surface area contributed by atoms with Gasteiger partial charge in [-0.25, -0.2) is 9.97 Å². The Bertz CT molecular complexity index is 882. The summed E-state index contributed by atoms with van der Waals surface area (Å²) < 4.78 is 5.78. The molecule has 7 heteroatoms. The second-order valence-electron chi connectivity index (χ2n) is 6.11. The minimum atomic E-state index is 0.0266. The molecule has 0 saturated carbocycles. The Morgan fingerprint density at radius 1 is 1.23 bits per heavy atom. The summed E-state index contributed by atoms with van der Waals surface area (Å²) in [5.74, 6) is 0.671. The van der Waals surface area contributed by atoms with Crippen molar-refractivity contribution in [3.63, 3.8) is 0 Å². The lowest BCUT2D eigenvalue weighted by atomic mass is 10.2. The first kappa shape index (κ1) is 18.9. The monoisotopic (exact) mass is 389 g/mol. The highest BCUT2D eigenvalue weighted by molar-refractivity contribution is 7.98. The fourth-order valence-electron chi connectivity index (χ4n) is 2.74. The average Bonchev–Trinajstić information content (AvgIpc) is 3.26. The van der Waals surface area contributed by atoms with Gasteiger partial charge in [-0.05, 0) is 31.4 Å². The van der Waals surface area contributed by atoms with E-state index in [1.165, 1.54) is 23.1 Å². The molecule has 1 aromatic carbocycles. The number of nitrogens with zero attached hydrogens (tertiary/aromatic N) is 3. The molecule has 0 atom stereocenters. The predicted octanol–water partition coefficient (Wildman–Crippen LogP) is 5.15. The summed E-state index contributed by atoms with van der Waals surface area (Å²) in [6.07, 6.45) is 1.91. The highest BCUT2D eigenvalue weighted by Crippen LogP contribution is 2.28. The third-order valence-electron chi connectivity index (χ3n) is 3.97. The van der Waals surface area contributed by atoms with Crippen LogP contribution < -0.4 is 0 Å². The van der Waals surface area contributed by atoms with Crippen molar-refractivity contribution in [2.24, 2.45) is 0 Å². The lowest BCUT2D eigenvalue weighted by molar-refractivity contribution is 0.0750. The van der Waals surface area contributed by atoms with Crippen LogP contribution in [0.2, 0.25) is 0 Å². The van der Waals surface area contributed by atoms with Crippen LogP contribution in [0.25, 0.3) is 11.1 Å². The van der Waals surface area contributed by atoms with Gasteiger partial charge in [0.1, 0.15) is 16.2 Å². The molecule has 26 heavy (non-hydrogen) atoms. The van der Waals surface area contributed by atoms with Crippen molar-refractivity contribution in [1.29, 1.82) is 0 Å². The molecule has 0 N–H and O–H groups in total. The van der Waals surface area contributed by atoms with Crippen LogP contribution in [0, 0.1) is 6.92 Å². The van der Waals surface area contributed by atoms with Crippen molar-refractivity contribution in [2.75, 3.05) is 13.1 Å². The zero-order chi connectivity index (χ0) is 18.5. The minimum absolute atomic E-state index is 0.0266. The van der Waals surface area contributed by atoms with Crippen LogP contribution in [0.1, 0.15) is 47.7 Å². The number of rotatable bonds is 8. The van der Waals surface area contributed by atoms with Gasteiger partial charge in [0.25, 0.3) is 11.1 Å². The van der Waals surface area contributed by atoms with E-state index in [2.05, 4.69) is 23.8 Å². The van der Waals surface area contributed by atoms with Gasteiger partial charge in [-0.2, -0.15) is 0 Å². The van der Waals surface area contributed by atoms with Crippen LogP contribution >= 0.6 is 23.1 Å². The Labute approximate surface area is 161 Å². The van der Waals surface area contributed by atoms with E-state index in [9.17, 15) is 4.79 Å². The summed E-state index contributed by atoms with van der Waals surface area (Å²) in [5, 5.41) is 3.40. The van der Waals surface area contributed by atoms with Crippen molar-refractivity contribution in [2.45, 2.75) is 44.6 Å². The van der Waals surface area contributed by atoms with E-state index in [1.807, 2.05) is 35.4 Å². The second-order valence-corrected chi connectivity index (χ2v) is 7.98. The van der Waals surface area contributed by atoms with Gasteiger partial charge in [0.2, 0.25) is 0 Å². The van der Waals surface area contributed by atoms with Gasteiger partial charge < -0.3 is 9.32 Å². The number of hydrogen-bond acceptors (Lipinski definition) is 6. The molecule has 3 aromatic rings. The standard InChI is InChI=1S/C19H23N3O2S2/c1-4-9-22(10-5-2)18(23)14-11-25-16(20-14)12-26-19-21-17-13(3)7-6-8-15(17)24-19/h6-8,11H,4-5,9-10,12H2,1-3H3. The van der Waals surface area contributed by atoms with Crippen LogP contribution in [-0.4, -0.2) is 33.9 Å². The molecule has 0 bridgehead atoms. The van der Waals surface area contributed by atoms with Gasteiger partial charge in [-0.1, -0.05) is 37.7 Å². The van der Waals surface area contributed by atoms with E-state index in [0.29, 0.717) is 16.7 Å². The van der Waals surface area contributed by atoms with E-state index < -0.39 is 0 Å². The van der Waals surface area contributed by atoms with E-state index in [1.54, 1.807) is 0 Å². The van der Waals surface area contributed by atoms with Crippen LogP contribution in [-0.2, 0) is 5.75 Å². The van der Waals surface area contributed by atoms with Crippen LogP contribution in [0.4, 0.5) is 0 Å². The molecule has 1 amide bonds. The summed E-state index contributed by atoms with van der Waals surface area (Å²) >= 11 is 3.02. The fraction of sp³-hybridized carbons (Fsp3) is 0.421. The van der Waals surface area contributed by atoms with Gasteiger partial charge in [-0.3, -0.25) is 4.79 Å². The first-order valence-electron chi connectivity index (χ1n) is 8.85. The number of thioether (sulfide) groups is 1. The topological polar surface area (TPSA) is 59.2 Å². The van der Waals surface area contributed by atoms with E-state index in [4.69, 9.17) is 4.42 Å². The molecule has 5 nitrogen and oxygen atoms in total. The Hall–Kier alpha value is -1.86. The lowest BCUT2D eigenvalue weighted by Crippen LogP contribution is -2.32. The van der Waals surface area contributed by atoms with Gasteiger partial charge in [0, 0.05) is 18.5 Å². The number of aryl methyl sites for hydroxylation is 1. The van der Waals surface area contributed by atoms with Gasteiger partial charge in [0.05, 0.1) is 5.75 Å². The molecule has 2 aromatic heterocycles. The van der Waals surface area contributed by atoms with Crippen LogP contribution in [0.3, 0.4) is 0 Å². The van der Waals surface area contributed by atoms with Gasteiger partial charge >= 0.3 is 0 Å². The summed E-state index contributed by atoms with van der Waals surface area (Å²) in [6, 6.07) is 5.92. The Morgan fingerprint density at radius 3 is 2.69 bits per heavy atom. The quantitative estimate of drug-likeness (QED) is 0.499. The molecule has 3 rings (SSSR count). The van der Waals surface area contributed by atoms with E-state index in [0.717, 1.165) is 47.6 Å². The molecule has 138 valence electrons. The average molecular weight is 390 g/mol. The number of amides is 1.